The van der Waals surface area contributed by atoms with Crippen LogP contribution in [0.25, 0.3) is 61.2 Å². The van der Waals surface area contributed by atoms with Crippen LogP contribution in [0.3, 0.4) is 0 Å². The molecule has 0 spiro atoms. The molecule has 0 fully saturated rings. The van der Waals surface area contributed by atoms with E-state index >= 15 is 0 Å². The van der Waals surface area contributed by atoms with Crippen LogP contribution in [0, 0.1) is 13.8 Å². The minimum absolute atomic E-state index is 0.936. The summed E-state index contributed by atoms with van der Waals surface area (Å²) in [6.45, 7) is 9.32. The number of para-hydroxylation sites is 4. The first kappa shape index (κ1) is 31.0. The number of aryl methyl sites for hydroxylation is 2. The van der Waals surface area contributed by atoms with Crippen LogP contribution in [-0.2, 0) is 0 Å². The predicted octanol–water partition coefficient (Wildman–Crippen LogP) is 9.51. The van der Waals surface area contributed by atoms with Crippen molar-refractivity contribution in [2.45, 2.75) is 26.9 Å². The Morgan fingerprint density at radius 3 is 2.08 bits per heavy atom. The minimum atomic E-state index is -2.17. The van der Waals surface area contributed by atoms with E-state index in [4.69, 9.17) is 4.98 Å². The largest absolute Gasteiger partial charge is 0.294 e. The molecule has 0 aliphatic carbocycles. The number of imidazole rings is 1. The van der Waals surface area contributed by atoms with Gasteiger partial charge in [-0.3, -0.25) is 4.57 Å². The summed E-state index contributed by atoms with van der Waals surface area (Å²) in [5, 5.41) is 5.27. The van der Waals surface area contributed by atoms with E-state index in [1.54, 1.807) is 0 Å². The van der Waals surface area contributed by atoms with Crippen LogP contribution in [-0.4, -0.2) is 22.2 Å². The molecule has 9 rings (SSSR count). The molecule has 5 heteroatoms. The van der Waals surface area contributed by atoms with Gasteiger partial charge in [-0.15, -0.1) is 0 Å². The molecule has 0 N–H and O–H groups in total. The fraction of sp³-hybridized carbons (Fsp3) is 0.0870. The van der Waals surface area contributed by atoms with Crippen LogP contribution < -0.4 is 14.9 Å². The Morgan fingerprint density at radius 1 is 0.569 bits per heavy atom. The molecule has 0 aliphatic heterocycles. The van der Waals surface area contributed by atoms with E-state index in [0.29, 0.717) is 0 Å². The Bertz CT molecular complexity index is 2730. The molecule has 0 radical (unpaired) electrons. The monoisotopic (exact) mass is 675 g/mol. The number of aromatic nitrogens is 4. The number of hydrogen-bond donors (Lipinski definition) is 0. The van der Waals surface area contributed by atoms with Gasteiger partial charge in [0.05, 0.1) is 11.0 Å². The third kappa shape index (κ3) is 5.12. The van der Waals surface area contributed by atoms with E-state index in [0.717, 1.165) is 11.5 Å². The molecule has 9 aromatic rings. The maximum Gasteiger partial charge on any atom is 0.255 e. The highest BCUT2D eigenvalue weighted by Crippen LogP contribution is 2.34. The number of fused-ring (bicyclic) bond motifs is 4. The molecule has 51 heavy (non-hydrogen) atoms. The van der Waals surface area contributed by atoms with Gasteiger partial charge in [0, 0.05) is 17.0 Å². The van der Waals surface area contributed by atoms with Gasteiger partial charge in [-0.25, -0.2) is 4.98 Å². The Balaban J connectivity index is 1.18. The van der Waals surface area contributed by atoms with Crippen molar-refractivity contribution in [2.24, 2.45) is 0 Å². The van der Waals surface area contributed by atoms with E-state index in [-0.39, 0.29) is 0 Å². The van der Waals surface area contributed by atoms with Crippen LogP contribution in [0.15, 0.2) is 164 Å². The smallest absolute Gasteiger partial charge is 0.255 e. The van der Waals surface area contributed by atoms with Crippen molar-refractivity contribution in [1.29, 1.82) is 0 Å². The molecule has 0 unspecified atom stereocenters. The number of benzene rings is 6. The average Bonchev–Trinajstić information content (AvgIpc) is 3.72. The summed E-state index contributed by atoms with van der Waals surface area (Å²) in [6, 6.07) is 55.2. The SMILES string of the molecule is Cc1cccc(C)c1-c1ccnc(-n2c3ccccc3c3ccc([Si](C)(C)c4cccc(-n5c[n+](-c6ccccc6)c6ccccc65)c4)cc32)c1. The first-order valence-corrected chi connectivity index (χ1v) is 20.6. The van der Waals surface area contributed by atoms with Crippen molar-refractivity contribution in [3.63, 3.8) is 0 Å². The zero-order valence-electron chi connectivity index (χ0n) is 29.4. The summed E-state index contributed by atoms with van der Waals surface area (Å²) in [4.78, 5) is 4.98. The molecule has 3 aromatic heterocycles. The van der Waals surface area contributed by atoms with Gasteiger partial charge in [0.15, 0.2) is 11.0 Å². The molecule has 0 amide bonds. The van der Waals surface area contributed by atoms with Gasteiger partial charge in [-0.05, 0) is 96.8 Å². The standard InChI is InChI=1S/C46H39N4Si/c1-32-14-12-15-33(2)46(32)34-26-27-47-45(28-34)50-41-21-9-8-20-39(41)40-25-24-38(30-44(40)50)51(3,4)37-19-13-18-36(29-37)49-31-48(35-16-6-5-7-17-35)42-22-10-11-23-43(42)49/h5-31H,1-4H3/q+1. The van der Waals surface area contributed by atoms with Crippen LogP contribution >= 0.6 is 0 Å². The second-order valence-electron chi connectivity index (χ2n) is 14.1. The molecule has 246 valence electrons. The summed E-state index contributed by atoms with van der Waals surface area (Å²) in [5.41, 5.74) is 12.1. The average molecular weight is 676 g/mol. The Morgan fingerprint density at radius 2 is 1.25 bits per heavy atom. The second-order valence-corrected chi connectivity index (χ2v) is 18.5. The normalized spacial score (nSPS) is 11.9. The van der Waals surface area contributed by atoms with Crippen LogP contribution in [0.1, 0.15) is 11.1 Å². The van der Waals surface area contributed by atoms with E-state index in [2.05, 4.69) is 199 Å². The van der Waals surface area contributed by atoms with E-state index < -0.39 is 8.07 Å². The maximum absolute atomic E-state index is 4.98. The highest BCUT2D eigenvalue weighted by molar-refractivity contribution is 7.00. The Kier molecular flexibility index (Phi) is 7.33. The highest BCUT2D eigenvalue weighted by Gasteiger charge is 2.29. The zero-order chi connectivity index (χ0) is 34.7. The van der Waals surface area contributed by atoms with Crippen molar-refractivity contribution < 1.29 is 4.57 Å². The number of nitrogens with zero attached hydrogens (tertiary/aromatic N) is 4. The molecule has 4 nitrogen and oxygen atoms in total. The second kappa shape index (κ2) is 12.1. The third-order valence-corrected chi connectivity index (χ3v) is 14.2. The molecular formula is C46H39N4Si+. The highest BCUT2D eigenvalue weighted by atomic mass is 28.3. The van der Waals surface area contributed by atoms with E-state index in [1.165, 1.54) is 71.2 Å². The van der Waals surface area contributed by atoms with E-state index in [1.807, 2.05) is 6.20 Å². The van der Waals surface area contributed by atoms with Crippen LogP contribution in [0.2, 0.25) is 13.1 Å². The van der Waals surface area contributed by atoms with Gasteiger partial charge < -0.3 is 0 Å². The molecule has 0 saturated heterocycles. The zero-order valence-corrected chi connectivity index (χ0v) is 30.4. The lowest BCUT2D eigenvalue weighted by Gasteiger charge is -2.24. The summed E-state index contributed by atoms with van der Waals surface area (Å²) < 4.78 is 6.97. The molecule has 6 aromatic carbocycles. The summed E-state index contributed by atoms with van der Waals surface area (Å²) in [7, 11) is -2.17. The molecule has 0 bridgehead atoms. The molecule has 0 atom stereocenters. The number of pyridine rings is 1. The fourth-order valence-corrected chi connectivity index (χ4v) is 10.2. The lowest BCUT2D eigenvalue weighted by Crippen LogP contribution is -2.52. The van der Waals surface area contributed by atoms with Crippen LogP contribution in [0.4, 0.5) is 0 Å². The lowest BCUT2D eigenvalue weighted by molar-refractivity contribution is -0.567. The fourth-order valence-electron chi connectivity index (χ4n) is 7.89. The maximum atomic E-state index is 4.98. The number of hydrogen-bond acceptors (Lipinski definition) is 1. The Hall–Kier alpha value is -6.04. The van der Waals surface area contributed by atoms with Crippen molar-refractivity contribution >= 4 is 51.3 Å². The third-order valence-electron chi connectivity index (χ3n) is 10.7. The van der Waals surface area contributed by atoms with Gasteiger partial charge in [-0.1, -0.05) is 114 Å². The minimum Gasteiger partial charge on any atom is -0.294 e. The number of rotatable bonds is 6. The predicted molar refractivity (Wildman–Crippen MR) is 215 cm³/mol. The first-order valence-electron chi connectivity index (χ1n) is 17.6. The summed E-state index contributed by atoms with van der Waals surface area (Å²) >= 11 is 0. The van der Waals surface area contributed by atoms with Gasteiger partial charge in [-0.2, -0.15) is 9.13 Å². The van der Waals surface area contributed by atoms with Crippen molar-refractivity contribution in [3.05, 3.63) is 175 Å². The topological polar surface area (TPSA) is 26.6 Å². The quantitative estimate of drug-likeness (QED) is 0.127. The van der Waals surface area contributed by atoms with E-state index in [9.17, 15) is 0 Å². The summed E-state index contributed by atoms with van der Waals surface area (Å²) in [6.07, 6.45) is 4.18. The van der Waals surface area contributed by atoms with Crippen molar-refractivity contribution in [1.82, 2.24) is 14.1 Å². The van der Waals surface area contributed by atoms with Crippen LogP contribution in [0.5, 0.6) is 0 Å². The van der Waals surface area contributed by atoms with Gasteiger partial charge in [0.25, 0.3) is 6.33 Å². The van der Waals surface area contributed by atoms with Crippen molar-refractivity contribution in [2.75, 3.05) is 0 Å². The molecule has 0 saturated carbocycles. The first-order chi connectivity index (χ1) is 24.9. The lowest BCUT2D eigenvalue weighted by atomic mass is 9.96. The Labute approximate surface area is 299 Å². The summed E-state index contributed by atoms with van der Waals surface area (Å²) in [5.74, 6) is 0.936. The van der Waals surface area contributed by atoms with Gasteiger partial charge in [0.2, 0.25) is 0 Å². The van der Waals surface area contributed by atoms with Crippen molar-refractivity contribution in [3.8, 4) is 28.3 Å². The van der Waals surface area contributed by atoms with Gasteiger partial charge in [0.1, 0.15) is 25.3 Å². The van der Waals surface area contributed by atoms with Gasteiger partial charge >= 0.3 is 0 Å². The molecule has 0 aliphatic rings. The molecular weight excluding hydrogens is 637 g/mol. The molecule has 3 heterocycles.